The Labute approximate surface area is 109 Å². The highest BCUT2D eigenvalue weighted by Gasteiger charge is 2.34. The Morgan fingerprint density at radius 1 is 1.44 bits per heavy atom. The van der Waals surface area contributed by atoms with Crippen LogP contribution >= 0.6 is 0 Å². The number of carbonyl (C=O) groups is 2. The summed E-state index contributed by atoms with van der Waals surface area (Å²) in [6.45, 7) is 3.46. The van der Waals surface area contributed by atoms with E-state index in [-0.39, 0.29) is 5.91 Å². The highest BCUT2D eigenvalue weighted by atomic mass is 16.4. The maximum absolute atomic E-state index is 12.0. The molecule has 0 bridgehead atoms. The molecule has 2 unspecified atom stereocenters. The van der Waals surface area contributed by atoms with E-state index < -0.39 is 12.0 Å². The van der Waals surface area contributed by atoms with Crippen molar-refractivity contribution in [1.29, 1.82) is 0 Å². The summed E-state index contributed by atoms with van der Waals surface area (Å²) in [6.07, 6.45) is 3.71. The van der Waals surface area contributed by atoms with Gasteiger partial charge in [0.1, 0.15) is 6.04 Å². The van der Waals surface area contributed by atoms with Crippen molar-refractivity contribution in [3.8, 4) is 0 Å². The summed E-state index contributed by atoms with van der Waals surface area (Å²) in [4.78, 5) is 24.8. The minimum Gasteiger partial charge on any atom is -0.480 e. The van der Waals surface area contributed by atoms with E-state index in [4.69, 9.17) is 0 Å². The number of piperidine rings is 1. The number of hydrogen-bond acceptors (Lipinski definition) is 3. The van der Waals surface area contributed by atoms with Gasteiger partial charge in [-0.25, -0.2) is 4.79 Å². The molecule has 1 saturated heterocycles. The summed E-state index contributed by atoms with van der Waals surface area (Å²) in [5, 5.41) is 12.2. The fourth-order valence-electron chi connectivity index (χ4n) is 2.50. The van der Waals surface area contributed by atoms with Crippen molar-refractivity contribution >= 4 is 11.9 Å². The number of nitrogens with one attached hydrogen (secondary N) is 1. The van der Waals surface area contributed by atoms with Gasteiger partial charge in [-0.3, -0.25) is 4.79 Å². The quantitative estimate of drug-likeness (QED) is 0.698. The second-order valence-corrected chi connectivity index (χ2v) is 4.95. The standard InChI is InChI=1S/C13H24N2O3/c1-3-10-6-8-15(11(9-10)13(17)18)12(16)5-4-7-14-2/h10-11,14H,3-9H2,1-2H3,(H,17,18). The van der Waals surface area contributed by atoms with Crippen molar-refractivity contribution in [2.24, 2.45) is 5.92 Å². The van der Waals surface area contributed by atoms with Gasteiger partial charge in [-0.2, -0.15) is 0 Å². The van der Waals surface area contributed by atoms with Crippen LogP contribution in [0.2, 0.25) is 0 Å². The lowest BCUT2D eigenvalue weighted by Crippen LogP contribution is -2.50. The zero-order chi connectivity index (χ0) is 13.5. The molecule has 0 aromatic heterocycles. The van der Waals surface area contributed by atoms with Gasteiger partial charge in [0.25, 0.3) is 0 Å². The number of carbonyl (C=O) groups excluding carboxylic acids is 1. The summed E-state index contributed by atoms with van der Waals surface area (Å²) in [5.74, 6) is -0.449. The number of hydrogen-bond donors (Lipinski definition) is 2. The van der Waals surface area contributed by atoms with E-state index in [1.807, 2.05) is 7.05 Å². The van der Waals surface area contributed by atoms with E-state index in [1.165, 1.54) is 0 Å². The number of amides is 1. The van der Waals surface area contributed by atoms with E-state index in [9.17, 15) is 14.7 Å². The van der Waals surface area contributed by atoms with Crippen LogP contribution in [-0.2, 0) is 9.59 Å². The fourth-order valence-corrected chi connectivity index (χ4v) is 2.50. The summed E-state index contributed by atoms with van der Waals surface area (Å²) in [5.41, 5.74) is 0. The second-order valence-electron chi connectivity index (χ2n) is 4.95. The Balaban J connectivity index is 2.56. The number of nitrogens with zero attached hydrogens (tertiary/aromatic N) is 1. The molecule has 2 N–H and O–H groups in total. The van der Waals surface area contributed by atoms with Crippen LogP contribution in [0.1, 0.15) is 39.0 Å². The first-order valence-corrected chi connectivity index (χ1v) is 6.77. The van der Waals surface area contributed by atoms with Gasteiger partial charge in [-0.1, -0.05) is 13.3 Å². The Bertz CT molecular complexity index is 294. The predicted octanol–water partition coefficient (Wildman–Crippen LogP) is 1.09. The Kier molecular flexibility index (Phi) is 6.12. The first-order chi connectivity index (χ1) is 8.60. The van der Waals surface area contributed by atoms with Crippen molar-refractivity contribution in [3.63, 3.8) is 0 Å². The van der Waals surface area contributed by atoms with Crippen molar-refractivity contribution in [2.75, 3.05) is 20.1 Å². The molecule has 0 radical (unpaired) electrons. The molecule has 0 spiro atoms. The molecule has 5 heteroatoms. The highest BCUT2D eigenvalue weighted by molar-refractivity contribution is 5.83. The Morgan fingerprint density at radius 2 is 2.17 bits per heavy atom. The first-order valence-electron chi connectivity index (χ1n) is 6.77. The number of carboxylic acid groups (broad SMARTS) is 1. The van der Waals surface area contributed by atoms with Gasteiger partial charge in [0.2, 0.25) is 5.91 Å². The van der Waals surface area contributed by atoms with Crippen LogP contribution in [0.3, 0.4) is 0 Å². The summed E-state index contributed by atoms with van der Waals surface area (Å²) in [6, 6.07) is -0.620. The van der Waals surface area contributed by atoms with Gasteiger partial charge in [0.05, 0.1) is 0 Å². The lowest BCUT2D eigenvalue weighted by atomic mass is 9.88. The van der Waals surface area contributed by atoms with Gasteiger partial charge in [0, 0.05) is 13.0 Å². The van der Waals surface area contributed by atoms with Gasteiger partial charge in [0.15, 0.2) is 0 Å². The third-order valence-electron chi connectivity index (χ3n) is 3.71. The molecular formula is C13H24N2O3. The zero-order valence-electron chi connectivity index (χ0n) is 11.3. The number of carboxylic acids is 1. The minimum absolute atomic E-state index is 0.0211. The van der Waals surface area contributed by atoms with Crippen LogP contribution in [0.25, 0.3) is 0 Å². The first kappa shape index (κ1) is 15.0. The van der Waals surface area contributed by atoms with E-state index in [2.05, 4.69) is 12.2 Å². The Morgan fingerprint density at radius 3 is 2.72 bits per heavy atom. The second kappa shape index (κ2) is 7.36. The van der Waals surface area contributed by atoms with E-state index in [1.54, 1.807) is 4.90 Å². The van der Waals surface area contributed by atoms with Crippen molar-refractivity contribution in [3.05, 3.63) is 0 Å². The molecule has 0 aromatic rings. The molecule has 1 heterocycles. The largest absolute Gasteiger partial charge is 0.480 e. The van der Waals surface area contributed by atoms with Crippen LogP contribution in [0.4, 0.5) is 0 Å². The molecule has 2 atom stereocenters. The lowest BCUT2D eigenvalue weighted by Gasteiger charge is -2.37. The molecule has 18 heavy (non-hydrogen) atoms. The van der Waals surface area contributed by atoms with Crippen LogP contribution in [0.5, 0.6) is 0 Å². The van der Waals surface area contributed by atoms with Gasteiger partial charge in [-0.05, 0) is 38.8 Å². The number of rotatable bonds is 6. The van der Waals surface area contributed by atoms with Gasteiger partial charge >= 0.3 is 5.97 Å². The molecular weight excluding hydrogens is 232 g/mol. The third kappa shape index (κ3) is 3.98. The molecule has 1 rings (SSSR count). The molecule has 104 valence electrons. The Hall–Kier alpha value is -1.10. The average molecular weight is 256 g/mol. The predicted molar refractivity (Wildman–Crippen MR) is 69.3 cm³/mol. The number of aliphatic carboxylic acids is 1. The molecule has 5 nitrogen and oxygen atoms in total. The molecule has 0 saturated carbocycles. The molecule has 1 amide bonds. The molecule has 1 fully saturated rings. The number of likely N-dealkylation sites (tertiary alicyclic amines) is 1. The van der Waals surface area contributed by atoms with Crippen LogP contribution in [-0.4, -0.2) is 48.1 Å². The van der Waals surface area contributed by atoms with Crippen molar-refractivity contribution < 1.29 is 14.7 Å². The average Bonchev–Trinajstić information content (AvgIpc) is 2.38. The van der Waals surface area contributed by atoms with Gasteiger partial charge < -0.3 is 15.3 Å². The topological polar surface area (TPSA) is 69.6 Å². The zero-order valence-corrected chi connectivity index (χ0v) is 11.3. The van der Waals surface area contributed by atoms with Crippen LogP contribution in [0, 0.1) is 5.92 Å². The molecule has 1 aliphatic heterocycles. The summed E-state index contributed by atoms with van der Waals surface area (Å²) >= 11 is 0. The van der Waals surface area contributed by atoms with Crippen LogP contribution in [0.15, 0.2) is 0 Å². The summed E-state index contributed by atoms with van der Waals surface area (Å²) in [7, 11) is 1.84. The molecule has 1 aliphatic rings. The monoisotopic (exact) mass is 256 g/mol. The van der Waals surface area contributed by atoms with Gasteiger partial charge in [-0.15, -0.1) is 0 Å². The normalized spacial score (nSPS) is 24.0. The lowest BCUT2D eigenvalue weighted by molar-refractivity contribution is -0.153. The highest BCUT2D eigenvalue weighted by Crippen LogP contribution is 2.26. The maximum atomic E-state index is 12.0. The van der Waals surface area contributed by atoms with E-state index in [0.717, 1.165) is 25.8 Å². The van der Waals surface area contributed by atoms with E-state index in [0.29, 0.717) is 25.3 Å². The van der Waals surface area contributed by atoms with Crippen molar-refractivity contribution in [2.45, 2.75) is 45.1 Å². The smallest absolute Gasteiger partial charge is 0.326 e. The molecule has 0 aliphatic carbocycles. The summed E-state index contributed by atoms with van der Waals surface area (Å²) < 4.78 is 0. The van der Waals surface area contributed by atoms with E-state index >= 15 is 0 Å². The third-order valence-corrected chi connectivity index (χ3v) is 3.71. The molecule has 0 aromatic carbocycles. The maximum Gasteiger partial charge on any atom is 0.326 e. The fraction of sp³-hybridized carbons (Fsp3) is 0.846. The van der Waals surface area contributed by atoms with Crippen molar-refractivity contribution in [1.82, 2.24) is 10.2 Å². The van der Waals surface area contributed by atoms with Crippen LogP contribution < -0.4 is 5.32 Å². The SMILES string of the molecule is CCC1CCN(C(=O)CCCNC)C(C(=O)O)C1. The minimum atomic E-state index is -0.866.